The molecule has 0 atom stereocenters. The van der Waals surface area contributed by atoms with Gasteiger partial charge in [-0.25, -0.2) is 0 Å². The van der Waals surface area contributed by atoms with Crippen LogP contribution in [0, 0.1) is 6.92 Å². The fourth-order valence-electron chi connectivity index (χ4n) is 4.97. The number of rotatable bonds is 10. The molecule has 0 aliphatic rings. The summed E-state index contributed by atoms with van der Waals surface area (Å²) < 4.78 is 40.5. The molecule has 1 heterocycles. The van der Waals surface area contributed by atoms with Gasteiger partial charge in [0.15, 0.2) is 5.75 Å². The van der Waals surface area contributed by atoms with Crippen molar-refractivity contribution >= 4 is 31.9 Å². The van der Waals surface area contributed by atoms with Crippen LogP contribution in [0.1, 0.15) is 38.2 Å². The van der Waals surface area contributed by atoms with Gasteiger partial charge in [-0.15, -0.1) is 0 Å². The van der Waals surface area contributed by atoms with Crippen LogP contribution in [-0.4, -0.2) is 15.0 Å². The second kappa shape index (κ2) is 11.5. The van der Waals surface area contributed by atoms with Gasteiger partial charge in [0.2, 0.25) is 11.0 Å². The molecule has 0 fully saturated rings. The van der Waals surface area contributed by atoms with Crippen molar-refractivity contribution in [2.24, 2.45) is 7.05 Å². The molecule has 0 unspecified atom stereocenters. The van der Waals surface area contributed by atoms with Crippen molar-refractivity contribution in [1.82, 2.24) is 0 Å². The molecular formula is C33H34NO4S+. The summed E-state index contributed by atoms with van der Waals surface area (Å²) in [6.45, 7) is 4.81. The number of pyridine rings is 1. The first-order valence-electron chi connectivity index (χ1n) is 13.5. The molecule has 0 aliphatic heterocycles. The van der Waals surface area contributed by atoms with Crippen molar-refractivity contribution < 1.29 is 21.9 Å². The Hall–Kier alpha value is -3.90. The third kappa shape index (κ3) is 5.62. The van der Waals surface area contributed by atoms with E-state index in [1.807, 2.05) is 62.5 Å². The monoisotopic (exact) mass is 540 g/mol. The van der Waals surface area contributed by atoms with Crippen LogP contribution >= 0.6 is 0 Å². The molecule has 0 bridgehead atoms. The number of unbranched alkanes of at least 4 members (excludes halogenated alkanes) is 3. The van der Waals surface area contributed by atoms with Gasteiger partial charge >= 0.3 is 10.1 Å². The molecular weight excluding hydrogens is 506 g/mol. The summed E-state index contributed by atoms with van der Waals surface area (Å²) in [4.78, 5) is 0.122. The maximum absolute atomic E-state index is 13.3. The Kier molecular flexibility index (Phi) is 7.84. The van der Waals surface area contributed by atoms with E-state index in [2.05, 4.69) is 23.6 Å². The predicted octanol–water partition coefficient (Wildman–Crippen LogP) is 7.52. The minimum atomic E-state index is -4.04. The Bertz CT molecular complexity index is 1710. The van der Waals surface area contributed by atoms with Crippen LogP contribution in [0.3, 0.4) is 0 Å². The number of hydrogen-bond donors (Lipinski definition) is 0. The average molecular weight is 541 g/mol. The Morgan fingerprint density at radius 1 is 0.769 bits per heavy atom. The van der Waals surface area contributed by atoms with Gasteiger partial charge in [-0.05, 0) is 55.3 Å². The summed E-state index contributed by atoms with van der Waals surface area (Å²) in [5.41, 5.74) is 4.77. The van der Waals surface area contributed by atoms with Gasteiger partial charge < -0.3 is 8.92 Å². The fourth-order valence-corrected chi connectivity index (χ4v) is 5.91. The minimum absolute atomic E-state index is 0.122. The zero-order valence-electron chi connectivity index (χ0n) is 22.7. The molecule has 0 aliphatic carbocycles. The van der Waals surface area contributed by atoms with Crippen LogP contribution < -0.4 is 13.5 Å². The topological polar surface area (TPSA) is 56.5 Å². The van der Waals surface area contributed by atoms with Crippen molar-refractivity contribution in [3.63, 3.8) is 0 Å². The third-order valence-electron chi connectivity index (χ3n) is 7.07. The van der Waals surface area contributed by atoms with Crippen molar-refractivity contribution in [3.8, 4) is 22.6 Å². The van der Waals surface area contributed by atoms with Gasteiger partial charge in [-0.1, -0.05) is 74.2 Å². The van der Waals surface area contributed by atoms with Crippen LogP contribution in [0.5, 0.6) is 11.5 Å². The first kappa shape index (κ1) is 26.7. The smallest absolute Gasteiger partial charge is 0.339 e. The van der Waals surface area contributed by atoms with E-state index in [0.29, 0.717) is 12.4 Å². The number of benzene rings is 4. The lowest BCUT2D eigenvalue weighted by Gasteiger charge is -2.15. The number of ether oxygens (including phenoxy) is 1. The lowest BCUT2D eigenvalue weighted by atomic mass is 9.95. The molecule has 0 saturated carbocycles. The molecule has 1 aromatic heterocycles. The zero-order chi connectivity index (χ0) is 27.4. The van der Waals surface area contributed by atoms with E-state index in [0.717, 1.165) is 50.7 Å². The normalized spacial score (nSPS) is 11.7. The first-order valence-corrected chi connectivity index (χ1v) is 14.9. The number of aromatic nitrogens is 1. The molecule has 5 nitrogen and oxygen atoms in total. The molecule has 5 rings (SSSR count). The van der Waals surface area contributed by atoms with Gasteiger partial charge in [0.05, 0.1) is 17.4 Å². The molecule has 0 spiro atoms. The molecule has 0 radical (unpaired) electrons. The lowest BCUT2D eigenvalue weighted by molar-refractivity contribution is -0.617. The van der Waals surface area contributed by atoms with Gasteiger partial charge in [-0.3, -0.25) is 0 Å². The average Bonchev–Trinajstić information content (AvgIpc) is 2.94. The highest BCUT2D eigenvalue weighted by Gasteiger charge is 2.25. The minimum Gasteiger partial charge on any atom is -0.494 e. The number of nitrogens with zero attached hydrogens (tertiary/aromatic N) is 1. The van der Waals surface area contributed by atoms with Crippen molar-refractivity contribution in [3.05, 3.63) is 96.6 Å². The Morgan fingerprint density at radius 2 is 1.49 bits per heavy atom. The standard InChI is InChI=1S/C33H34NO4S/c1-4-5-6-9-23-37-26-19-17-25(18-20-26)32-28-11-7-8-12-29(28)34(3)30-13-10-14-31(33(30)32)38-39(35,36)27-21-15-24(2)16-22-27/h7-8,10-22H,4-6,9,23H2,1-3H3/q+1. The Morgan fingerprint density at radius 3 is 2.23 bits per heavy atom. The van der Waals surface area contributed by atoms with Gasteiger partial charge in [0.1, 0.15) is 17.7 Å². The van der Waals surface area contributed by atoms with Gasteiger partial charge in [-0.2, -0.15) is 13.0 Å². The Balaban J connectivity index is 1.62. The van der Waals surface area contributed by atoms with Gasteiger partial charge in [0.25, 0.3) is 0 Å². The first-order chi connectivity index (χ1) is 18.9. The summed E-state index contributed by atoms with van der Waals surface area (Å²) in [5, 5.41) is 1.74. The second-order valence-corrected chi connectivity index (χ2v) is 11.4. The highest BCUT2D eigenvalue weighted by atomic mass is 32.2. The fraction of sp³-hybridized carbons (Fsp3) is 0.242. The van der Waals surface area contributed by atoms with Crippen molar-refractivity contribution in [2.45, 2.75) is 44.4 Å². The molecule has 0 saturated heterocycles. The highest BCUT2D eigenvalue weighted by molar-refractivity contribution is 7.87. The van der Waals surface area contributed by atoms with Crippen LogP contribution in [0.25, 0.3) is 32.9 Å². The second-order valence-electron chi connectivity index (χ2n) is 9.89. The van der Waals surface area contributed by atoms with E-state index in [4.69, 9.17) is 8.92 Å². The lowest BCUT2D eigenvalue weighted by Crippen LogP contribution is -2.30. The van der Waals surface area contributed by atoms with Crippen LogP contribution in [-0.2, 0) is 17.2 Å². The molecule has 0 N–H and O–H groups in total. The van der Waals surface area contributed by atoms with E-state index >= 15 is 0 Å². The van der Waals surface area contributed by atoms with E-state index in [1.54, 1.807) is 30.3 Å². The highest BCUT2D eigenvalue weighted by Crippen LogP contribution is 2.40. The molecule has 200 valence electrons. The van der Waals surface area contributed by atoms with Crippen molar-refractivity contribution in [1.29, 1.82) is 0 Å². The largest absolute Gasteiger partial charge is 0.494 e. The van der Waals surface area contributed by atoms with E-state index < -0.39 is 10.1 Å². The molecule has 4 aromatic carbocycles. The van der Waals surface area contributed by atoms with Crippen LogP contribution in [0.15, 0.2) is 95.9 Å². The number of hydrogen-bond acceptors (Lipinski definition) is 4. The molecule has 5 aromatic rings. The molecule has 0 amide bonds. The number of aryl methyl sites for hydroxylation is 2. The van der Waals surface area contributed by atoms with E-state index in [9.17, 15) is 8.42 Å². The summed E-state index contributed by atoms with van der Waals surface area (Å²) in [5.74, 6) is 1.12. The predicted molar refractivity (Wildman–Crippen MR) is 157 cm³/mol. The molecule has 39 heavy (non-hydrogen) atoms. The summed E-state index contributed by atoms with van der Waals surface area (Å²) in [6.07, 6.45) is 4.62. The van der Waals surface area contributed by atoms with Crippen LogP contribution in [0.4, 0.5) is 0 Å². The summed E-state index contributed by atoms with van der Waals surface area (Å²) in [7, 11) is -2.05. The summed E-state index contributed by atoms with van der Waals surface area (Å²) in [6, 6.07) is 28.4. The maximum Gasteiger partial charge on any atom is 0.339 e. The zero-order valence-corrected chi connectivity index (χ0v) is 23.5. The third-order valence-corrected chi connectivity index (χ3v) is 8.32. The van der Waals surface area contributed by atoms with Crippen molar-refractivity contribution in [2.75, 3.05) is 6.61 Å². The maximum atomic E-state index is 13.3. The van der Waals surface area contributed by atoms with Gasteiger partial charge in [0, 0.05) is 17.7 Å². The molecule has 6 heteroatoms. The number of fused-ring (bicyclic) bond motifs is 2. The SMILES string of the molecule is CCCCCCOc1ccc(-c2c3ccccc3[n+](C)c3cccc(OS(=O)(=O)c4ccc(C)cc4)c23)cc1. The van der Waals surface area contributed by atoms with E-state index in [-0.39, 0.29) is 4.90 Å². The number of para-hydroxylation sites is 1. The quantitative estimate of drug-likeness (QED) is 0.0796. The summed E-state index contributed by atoms with van der Waals surface area (Å²) >= 11 is 0. The van der Waals surface area contributed by atoms with Crippen LogP contribution in [0.2, 0.25) is 0 Å². The Labute approximate surface area is 230 Å². The van der Waals surface area contributed by atoms with E-state index in [1.165, 1.54) is 19.3 Å².